The van der Waals surface area contributed by atoms with Gasteiger partial charge in [0.05, 0.1) is 12.0 Å². The Bertz CT molecular complexity index is 902. The number of carbonyl (C=O) groups is 1. The minimum atomic E-state index is -0.188. The highest BCUT2D eigenvalue weighted by molar-refractivity contribution is 6.30. The number of halogens is 2. The molecule has 6 nitrogen and oxygen atoms in total. The lowest BCUT2D eigenvalue weighted by molar-refractivity contribution is 0.0925. The van der Waals surface area contributed by atoms with E-state index in [1.54, 1.807) is 35.2 Å². The number of nitrogens with zero attached hydrogens (tertiary/aromatic N) is 2. The van der Waals surface area contributed by atoms with Gasteiger partial charge in [0.1, 0.15) is 5.69 Å². The molecule has 1 aromatic carbocycles. The fourth-order valence-electron chi connectivity index (χ4n) is 3.13. The van der Waals surface area contributed by atoms with Gasteiger partial charge in [0.2, 0.25) is 0 Å². The molecule has 142 valence electrons. The molecule has 1 saturated heterocycles. The van der Waals surface area contributed by atoms with Gasteiger partial charge in [0.25, 0.3) is 5.91 Å². The molecule has 0 aliphatic carbocycles. The Labute approximate surface area is 168 Å². The van der Waals surface area contributed by atoms with Crippen LogP contribution in [-0.4, -0.2) is 34.8 Å². The van der Waals surface area contributed by atoms with Crippen molar-refractivity contribution in [1.82, 2.24) is 20.4 Å². The van der Waals surface area contributed by atoms with Crippen LogP contribution in [0.3, 0.4) is 0 Å². The van der Waals surface area contributed by atoms with Crippen LogP contribution in [0.2, 0.25) is 5.02 Å². The van der Waals surface area contributed by atoms with E-state index >= 15 is 0 Å². The standard InChI is InChI=1S/C19H19ClN4O2.ClH/c20-13-4-1-6-15(10-13)24-17(18-7-3-9-26-18)11-16(23-24)19(25)22-14-5-2-8-21-12-14;/h1,3-4,6-7,9-11,14,21H,2,5,8,12H2,(H,22,25);1H. The van der Waals surface area contributed by atoms with E-state index in [-0.39, 0.29) is 24.4 Å². The Kier molecular flexibility index (Phi) is 6.21. The normalized spacial score (nSPS) is 16.6. The largest absolute Gasteiger partial charge is 0.463 e. The SMILES string of the molecule is Cl.O=C(NC1CCCNC1)c1cc(-c2ccco2)n(-c2cccc(Cl)c2)n1. The average molecular weight is 407 g/mol. The topological polar surface area (TPSA) is 72.1 Å². The Balaban J connectivity index is 0.00000210. The molecule has 1 fully saturated rings. The molecule has 1 atom stereocenters. The summed E-state index contributed by atoms with van der Waals surface area (Å²) >= 11 is 6.12. The van der Waals surface area contributed by atoms with Crippen molar-refractivity contribution in [3.63, 3.8) is 0 Å². The molecule has 1 aliphatic heterocycles. The van der Waals surface area contributed by atoms with Gasteiger partial charge in [-0.25, -0.2) is 4.68 Å². The molecule has 1 amide bonds. The zero-order chi connectivity index (χ0) is 17.9. The van der Waals surface area contributed by atoms with Gasteiger partial charge in [-0.1, -0.05) is 17.7 Å². The van der Waals surface area contributed by atoms with Crippen molar-refractivity contribution in [2.75, 3.05) is 13.1 Å². The van der Waals surface area contributed by atoms with Crippen molar-refractivity contribution in [3.05, 3.63) is 59.4 Å². The highest BCUT2D eigenvalue weighted by Crippen LogP contribution is 2.26. The first-order valence-corrected chi connectivity index (χ1v) is 9.00. The lowest BCUT2D eigenvalue weighted by atomic mass is 10.1. The molecule has 8 heteroatoms. The molecule has 3 aromatic rings. The first-order valence-electron chi connectivity index (χ1n) is 8.62. The Morgan fingerprint density at radius 2 is 2.19 bits per heavy atom. The minimum Gasteiger partial charge on any atom is -0.463 e. The van der Waals surface area contributed by atoms with E-state index in [2.05, 4.69) is 15.7 Å². The Morgan fingerprint density at radius 1 is 1.30 bits per heavy atom. The average Bonchev–Trinajstić information content (AvgIpc) is 3.32. The number of nitrogens with one attached hydrogen (secondary N) is 2. The maximum atomic E-state index is 12.7. The lowest BCUT2D eigenvalue weighted by Crippen LogP contribution is -2.45. The highest BCUT2D eigenvalue weighted by atomic mass is 35.5. The van der Waals surface area contributed by atoms with E-state index in [4.69, 9.17) is 16.0 Å². The number of carbonyl (C=O) groups excluding carboxylic acids is 1. The summed E-state index contributed by atoms with van der Waals surface area (Å²) in [4.78, 5) is 12.7. The summed E-state index contributed by atoms with van der Waals surface area (Å²) in [6.07, 6.45) is 3.62. The summed E-state index contributed by atoms with van der Waals surface area (Å²) < 4.78 is 7.20. The zero-order valence-corrected chi connectivity index (χ0v) is 16.1. The zero-order valence-electron chi connectivity index (χ0n) is 14.5. The number of aromatic nitrogens is 2. The Morgan fingerprint density at radius 3 is 2.89 bits per heavy atom. The fraction of sp³-hybridized carbons (Fsp3) is 0.263. The van der Waals surface area contributed by atoms with E-state index in [0.717, 1.165) is 31.6 Å². The van der Waals surface area contributed by atoms with Crippen LogP contribution in [0.5, 0.6) is 0 Å². The molecule has 3 heterocycles. The van der Waals surface area contributed by atoms with E-state index in [1.165, 1.54) is 0 Å². The van der Waals surface area contributed by atoms with Crippen LogP contribution in [-0.2, 0) is 0 Å². The summed E-state index contributed by atoms with van der Waals surface area (Å²) in [5.74, 6) is 0.447. The van der Waals surface area contributed by atoms with Crippen molar-refractivity contribution in [2.24, 2.45) is 0 Å². The summed E-state index contributed by atoms with van der Waals surface area (Å²) in [6, 6.07) is 12.8. The number of hydrogen-bond acceptors (Lipinski definition) is 4. The quantitative estimate of drug-likeness (QED) is 0.692. The van der Waals surface area contributed by atoms with Crippen molar-refractivity contribution < 1.29 is 9.21 Å². The van der Waals surface area contributed by atoms with Crippen LogP contribution in [0, 0.1) is 0 Å². The third-order valence-electron chi connectivity index (χ3n) is 4.40. The first-order chi connectivity index (χ1) is 12.7. The second-order valence-electron chi connectivity index (χ2n) is 6.30. The second kappa shape index (κ2) is 8.61. The van der Waals surface area contributed by atoms with Crippen LogP contribution < -0.4 is 10.6 Å². The van der Waals surface area contributed by atoms with Crippen molar-refractivity contribution >= 4 is 29.9 Å². The summed E-state index contributed by atoms with van der Waals surface area (Å²) in [5, 5.41) is 11.5. The van der Waals surface area contributed by atoms with Crippen LogP contribution in [0.4, 0.5) is 0 Å². The first kappa shape index (κ1) is 19.5. The molecule has 2 N–H and O–H groups in total. The predicted octanol–water partition coefficient (Wildman–Crippen LogP) is 3.69. The highest BCUT2D eigenvalue weighted by Gasteiger charge is 2.21. The number of piperidine rings is 1. The van der Waals surface area contributed by atoms with E-state index < -0.39 is 0 Å². The Hall–Kier alpha value is -2.28. The third-order valence-corrected chi connectivity index (χ3v) is 4.64. The summed E-state index contributed by atoms with van der Waals surface area (Å²) in [6.45, 7) is 1.78. The number of furan rings is 1. The number of rotatable bonds is 4. The third kappa shape index (κ3) is 4.35. The number of hydrogen-bond donors (Lipinski definition) is 2. The maximum absolute atomic E-state index is 12.7. The molecular weight excluding hydrogens is 387 g/mol. The van der Waals surface area contributed by atoms with Crippen LogP contribution in [0.25, 0.3) is 17.1 Å². The predicted molar refractivity (Wildman–Crippen MR) is 107 cm³/mol. The van der Waals surface area contributed by atoms with Gasteiger partial charge in [-0.2, -0.15) is 5.10 Å². The second-order valence-corrected chi connectivity index (χ2v) is 6.74. The number of amides is 1. The van der Waals surface area contributed by atoms with Crippen molar-refractivity contribution in [3.8, 4) is 17.1 Å². The van der Waals surface area contributed by atoms with Crippen LogP contribution in [0.15, 0.2) is 53.1 Å². The molecule has 0 radical (unpaired) electrons. The smallest absolute Gasteiger partial charge is 0.272 e. The fourth-order valence-corrected chi connectivity index (χ4v) is 3.32. The number of benzene rings is 1. The van der Waals surface area contributed by atoms with E-state index in [9.17, 15) is 4.79 Å². The van der Waals surface area contributed by atoms with Crippen LogP contribution in [0.1, 0.15) is 23.3 Å². The molecule has 2 aromatic heterocycles. The van der Waals surface area contributed by atoms with Gasteiger partial charge in [-0.15, -0.1) is 12.4 Å². The molecule has 0 bridgehead atoms. The summed E-state index contributed by atoms with van der Waals surface area (Å²) in [5.41, 5.74) is 1.81. The van der Waals surface area contributed by atoms with Gasteiger partial charge >= 0.3 is 0 Å². The maximum Gasteiger partial charge on any atom is 0.272 e. The minimum absolute atomic E-state index is 0. The molecule has 1 unspecified atom stereocenters. The van der Waals surface area contributed by atoms with E-state index in [0.29, 0.717) is 22.2 Å². The van der Waals surface area contributed by atoms with Gasteiger partial charge in [-0.3, -0.25) is 4.79 Å². The molecule has 4 rings (SSSR count). The molecular formula is C19H20Cl2N4O2. The van der Waals surface area contributed by atoms with E-state index in [1.807, 2.05) is 18.2 Å². The van der Waals surface area contributed by atoms with Crippen molar-refractivity contribution in [1.29, 1.82) is 0 Å². The molecule has 0 spiro atoms. The van der Waals surface area contributed by atoms with Gasteiger partial charge in [0.15, 0.2) is 11.5 Å². The lowest BCUT2D eigenvalue weighted by Gasteiger charge is -2.23. The van der Waals surface area contributed by atoms with Crippen LogP contribution >= 0.6 is 24.0 Å². The molecule has 27 heavy (non-hydrogen) atoms. The van der Waals surface area contributed by atoms with Crippen molar-refractivity contribution in [2.45, 2.75) is 18.9 Å². The summed E-state index contributed by atoms with van der Waals surface area (Å²) in [7, 11) is 0. The van der Waals surface area contributed by atoms with Gasteiger partial charge < -0.3 is 15.1 Å². The van der Waals surface area contributed by atoms with Gasteiger partial charge in [0, 0.05) is 23.7 Å². The van der Waals surface area contributed by atoms with Gasteiger partial charge in [-0.05, 0) is 49.7 Å². The monoisotopic (exact) mass is 406 g/mol. The molecule has 1 aliphatic rings. The molecule has 0 saturated carbocycles.